The Morgan fingerprint density at radius 2 is 1.71 bits per heavy atom. The van der Waals surface area contributed by atoms with Gasteiger partial charge in [-0.05, 0) is 56.1 Å². The van der Waals surface area contributed by atoms with Gasteiger partial charge in [0.15, 0.2) is 0 Å². The fourth-order valence-electron chi connectivity index (χ4n) is 1.26. The average Bonchev–Trinajstić information content (AvgIpc) is 2.62. The van der Waals surface area contributed by atoms with E-state index in [0.29, 0.717) is 10.4 Å². The standard InChI is InChI=1S/C11H4Br4OS/c12-5-1-2-7(13)6(3-5)10(16)9-4-8(14)11(15)17-9/h1-4H. The van der Waals surface area contributed by atoms with E-state index < -0.39 is 0 Å². The summed E-state index contributed by atoms with van der Waals surface area (Å²) in [6.07, 6.45) is 0. The third-order valence-corrected chi connectivity index (χ3v) is 6.48. The van der Waals surface area contributed by atoms with Gasteiger partial charge in [0.05, 0.1) is 8.66 Å². The van der Waals surface area contributed by atoms with Crippen LogP contribution in [0.5, 0.6) is 0 Å². The molecule has 2 aromatic rings. The number of hydrogen-bond acceptors (Lipinski definition) is 2. The topological polar surface area (TPSA) is 17.1 Å². The van der Waals surface area contributed by atoms with Gasteiger partial charge in [-0.25, -0.2) is 0 Å². The van der Waals surface area contributed by atoms with Gasteiger partial charge in [-0.2, -0.15) is 0 Å². The molecule has 1 heterocycles. The third kappa shape index (κ3) is 3.10. The molecule has 0 spiro atoms. The molecular weight excluding hydrogens is 500 g/mol. The van der Waals surface area contributed by atoms with Crippen LogP contribution in [0.25, 0.3) is 0 Å². The molecule has 0 fully saturated rings. The largest absolute Gasteiger partial charge is 0.288 e. The average molecular weight is 504 g/mol. The number of benzene rings is 1. The molecule has 0 saturated carbocycles. The molecule has 88 valence electrons. The molecule has 0 aliphatic carbocycles. The van der Waals surface area contributed by atoms with Gasteiger partial charge < -0.3 is 0 Å². The molecule has 6 heteroatoms. The van der Waals surface area contributed by atoms with E-state index >= 15 is 0 Å². The summed E-state index contributed by atoms with van der Waals surface area (Å²) in [7, 11) is 0. The van der Waals surface area contributed by atoms with Crippen molar-refractivity contribution in [2.75, 3.05) is 0 Å². The lowest BCUT2D eigenvalue weighted by molar-refractivity contribution is 0.104. The van der Waals surface area contributed by atoms with Gasteiger partial charge in [0.1, 0.15) is 0 Å². The van der Waals surface area contributed by atoms with E-state index in [0.717, 1.165) is 17.2 Å². The maximum atomic E-state index is 12.3. The van der Waals surface area contributed by atoms with E-state index in [9.17, 15) is 4.79 Å². The van der Waals surface area contributed by atoms with E-state index in [4.69, 9.17) is 0 Å². The van der Waals surface area contributed by atoms with Gasteiger partial charge in [0.2, 0.25) is 5.78 Å². The predicted molar refractivity (Wildman–Crippen MR) is 85.0 cm³/mol. The highest BCUT2D eigenvalue weighted by molar-refractivity contribution is 9.13. The SMILES string of the molecule is O=C(c1cc(Br)c(Br)s1)c1cc(Br)ccc1Br. The number of halogens is 4. The molecule has 0 amide bonds. The van der Waals surface area contributed by atoms with Crippen molar-refractivity contribution in [2.45, 2.75) is 0 Å². The van der Waals surface area contributed by atoms with Crippen LogP contribution >= 0.6 is 75.1 Å². The van der Waals surface area contributed by atoms with Crippen LogP contribution in [0.3, 0.4) is 0 Å². The number of ketones is 1. The second-order valence-electron chi connectivity index (χ2n) is 3.19. The van der Waals surface area contributed by atoms with Crippen LogP contribution in [0.15, 0.2) is 41.5 Å². The Balaban J connectivity index is 2.47. The Kier molecular flexibility index (Phi) is 4.63. The lowest BCUT2D eigenvalue weighted by Gasteiger charge is -2.02. The van der Waals surface area contributed by atoms with Gasteiger partial charge in [-0.15, -0.1) is 11.3 Å². The summed E-state index contributed by atoms with van der Waals surface area (Å²) in [5.74, 6) is 0.00887. The van der Waals surface area contributed by atoms with Crippen LogP contribution in [0, 0.1) is 0 Å². The van der Waals surface area contributed by atoms with Crippen molar-refractivity contribution in [3.05, 3.63) is 51.9 Å². The zero-order valence-corrected chi connectivity index (χ0v) is 15.3. The normalized spacial score (nSPS) is 10.6. The summed E-state index contributed by atoms with van der Waals surface area (Å²) in [6, 6.07) is 7.38. The summed E-state index contributed by atoms with van der Waals surface area (Å²) in [4.78, 5) is 13.0. The Labute approximate surface area is 136 Å². The molecule has 0 radical (unpaired) electrons. The smallest absolute Gasteiger partial charge is 0.204 e. The van der Waals surface area contributed by atoms with Crippen LogP contribution in [0.4, 0.5) is 0 Å². The minimum absolute atomic E-state index is 0.00887. The highest BCUT2D eigenvalue weighted by Gasteiger charge is 2.16. The van der Waals surface area contributed by atoms with Crippen LogP contribution in [0.2, 0.25) is 0 Å². The molecule has 0 aliphatic rings. The highest BCUT2D eigenvalue weighted by atomic mass is 79.9. The summed E-state index contributed by atoms with van der Waals surface area (Å²) in [6.45, 7) is 0. The summed E-state index contributed by atoms with van der Waals surface area (Å²) in [5.41, 5.74) is 0.653. The molecule has 1 aromatic heterocycles. The van der Waals surface area contributed by atoms with E-state index in [1.807, 2.05) is 24.3 Å². The van der Waals surface area contributed by atoms with Crippen molar-refractivity contribution in [1.29, 1.82) is 0 Å². The third-order valence-electron chi connectivity index (χ3n) is 2.04. The van der Waals surface area contributed by atoms with E-state index in [1.165, 1.54) is 11.3 Å². The van der Waals surface area contributed by atoms with Crippen LogP contribution < -0.4 is 0 Å². The summed E-state index contributed by atoms with van der Waals surface area (Å²) in [5, 5.41) is 0. The van der Waals surface area contributed by atoms with Gasteiger partial charge in [-0.3, -0.25) is 4.79 Å². The predicted octanol–water partition coefficient (Wildman–Crippen LogP) is 6.03. The number of thiophene rings is 1. The first-order chi connectivity index (χ1) is 7.99. The first-order valence-electron chi connectivity index (χ1n) is 4.43. The first kappa shape index (κ1) is 13.9. The van der Waals surface area contributed by atoms with E-state index in [1.54, 1.807) is 0 Å². The number of hydrogen-bond donors (Lipinski definition) is 0. The lowest BCUT2D eigenvalue weighted by atomic mass is 10.1. The fourth-order valence-corrected chi connectivity index (χ4v) is 4.04. The Hall–Kier alpha value is 0.510. The van der Waals surface area contributed by atoms with Crippen LogP contribution in [-0.4, -0.2) is 5.78 Å². The summed E-state index contributed by atoms with van der Waals surface area (Å²) < 4.78 is 3.51. The molecule has 0 saturated heterocycles. The Morgan fingerprint density at radius 1 is 1.00 bits per heavy atom. The van der Waals surface area contributed by atoms with E-state index in [2.05, 4.69) is 63.7 Å². The fraction of sp³-hybridized carbons (Fsp3) is 0. The van der Waals surface area contributed by atoms with Crippen molar-refractivity contribution in [2.24, 2.45) is 0 Å². The molecule has 17 heavy (non-hydrogen) atoms. The lowest BCUT2D eigenvalue weighted by Crippen LogP contribution is -1.99. The molecule has 1 nitrogen and oxygen atoms in total. The van der Waals surface area contributed by atoms with E-state index in [-0.39, 0.29) is 5.78 Å². The van der Waals surface area contributed by atoms with Crippen molar-refractivity contribution >= 4 is 80.8 Å². The second-order valence-corrected chi connectivity index (χ2v) is 8.18. The molecule has 2 rings (SSSR count). The van der Waals surface area contributed by atoms with Gasteiger partial charge in [0.25, 0.3) is 0 Å². The van der Waals surface area contributed by atoms with Crippen LogP contribution in [0.1, 0.15) is 15.2 Å². The maximum absolute atomic E-state index is 12.3. The minimum Gasteiger partial charge on any atom is -0.288 e. The highest BCUT2D eigenvalue weighted by Crippen LogP contribution is 2.34. The van der Waals surface area contributed by atoms with Crippen molar-refractivity contribution in [3.8, 4) is 0 Å². The van der Waals surface area contributed by atoms with Crippen molar-refractivity contribution in [3.63, 3.8) is 0 Å². The maximum Gasteiger partial charge on any atom is 0.204 e. The van der Waals surface area contributed by atoms with Gasteiger partial charge >= 0.3 is 0 Å². The monoisotopic (exact) mass is 500 g/mol. The molecule has 0 unspecified atom stereocenters. The number of carbonyl (C=O) groups excluding carboxylic acids is 1. The van der Waals surface area contributed by atoms with Crippen molar-refractivity contribution < 1.29 is 4.79 Å². The molecule has 0 N–H and O–H groups in total. The molecule has 1 aromatic carbocycles. The Bertz CT molecular complexity index is 572. The van der Waals surface area contributed by atoms with Crippen molar-refractivity contribution in [1.82, 2.24) is 0 Å². The minimum atomic E-state index is 0.00887. The first-order valence-corrected chi connectivity index (χ1v) is 8.42. The zero-order chi connectivity index (χ0) is 12.6. The summed E-state index contributed by atoms with van der Waals surface area (Å²) >= 11 is 14.9. The number of carbonyl (C=O) groups is 1. The zero-order valence-electron chi connectivity index (χ0n) is 8.14. The molecule has 0 atom stereocenters. The second kappa shape index (κ2) is 5.65. The van der Waals surface area contributed by atoms with Gasteiger partial charge in [-0.1, -0.05) is 31.9 Å². The van der Waals surface area contributed by atoms with Gasteiger partial charge in [0, 0.05) is 19.0 Å². The number of rotatable bonds is 2. The van der Waals surface area contributed by atoms with Crippen LogP contribution in [-0.2, 0) is 0 Å². The molecule has 0 bridgehead atoms. The molecular formula is C11H4Br4OS. The Morgan fingerprint density at radius 3 is 2.29 bits per heavy atom. The molecule has 0 aliphatic heterocycles. The quantitative estimate of drug-likeness (QED) is 0.457.